The number of allylic oxidation sites excluding steroid dienone is 4. The number of nitriles is 1. The Labute approximate surface area is 158 Å². The van der Waals surface area contributed by atoms with Crippen molar-refractivity contribution in [1.29, 1.82) is 5.26 Å². The molecule has 2 rings (SSSR count). The summed E-state index contributed by atoms with van der Waals surface area (Å²) in [5.41, 5.74) is 8.05. The molecule has 1 atom stereocenters. The molecule has 26 heavy (non-hydrogen) atoms. The molecule has 0 amide bonds. The van der Waals surface area contributed by atoms with Crippen LogP contribution in [0.3, 0.4) is 0 Å². The molecule has 0 saturated carbocycles. The molecule has 0 spiro atoms. The summed E-state index contributed by atoms with van der Waals surface area (Å²) in [6.07, 6.45) is 9.92. The van der Waals surface area contributed by atoms with Crippen LogP contribution in [0.1, 0.15) is 39.2 Å². The second-order valence-corrected chi connectivity index (χ2v) is 6.21. The Morgan fingerprint density at radius 3 is 2.62 bits per heavy atom. The van der Waals surface area contributed by atoms with Crippen molar-refractivity contribution < 1.29 is 4.74 Å². The summed E-state index contributed by atoms with van der Waals surface area (Å²) >= 11 is 0. The maximum absolute atomic E-state index is 7.32. The Kier molecular flexibility index (Phi) is 10.6. The van der Waals surface area contributed by atoms with Gasteiger partial charge in [-0.25, -0.2) is 0 Å². The fourth-order valence-electron chi connectivity index (χ4n) is 2.55. The van der Waals surface area contributed by atoms with Crippen LogP contribution in [0.4, 0.5) is 0 Å². The van der Waals surface area contributed by atoms with Crippen LogP contribution in [0.5, 0.6) is 0 Å². The first kappa shape index (κ1) is 21.5. The Balaban J connectivity index is 0.00000105. The summed E-state index contributed by atoms with van der Waals surface area (Å²) in [5, 5.41) is 7.32. The monoisotopic (exact) mass is 353 g/mol. The van der Waals surface area contributed by atoms with E-state index in [2.05, 4.69) is 49.1 Å². The van der Waals surface area contributed by atoms with E-state index in [1.54, 1.807) is 6.07 Å². The van der Waals surface area contributed by atoms with Crippen molar-refractivity contribution in [1.82, 2.24) is 4.90 Å². The van der Waals surface area contributed by atoms with E-state index in [1.807, 2.05) is 24.3 Å². The average molecular weight is 354 g/mol. The standard InChI is InChI=1S/C20H28N2O.C2H3N/c1-3-22(16-18-8-5-4-6-9-18)15-14-17(2)23-20-11-7-10-19(21)12-13-20;1-2-3/h4-9,11-13,17H,3,10,14-16,21H2,1-2H3;1H3. The second-order valence-electron chi connectivity index (χ2n) is 6.21. The van der Waals surface area contributed by atoms with Crippen LogP contribution in [-0.2, 0) is 11.3 Å². The van der Waals surface area contributed by atoms with E-state index in [-0.39, 0.29) is 6.10 Å². The Bertz CT molecular complexity index is 641. The Morgan fingerprint density at radius 1 is 1.27 bits per heavy atom. The first-order valence-corrected chi connectivity index (χ1v) is 9.15. The van der Waals surface area contributed by atoms with Crippen LogP contribution >= 0.6 is 0 Å². The molecule has 0 radical (unpaired) electrons. The van der Waals surface area contributed by atoms with E-state index in [0.29, 0.717) is 0 Å². The number of rotatable bonds is 8. The van der Waals surface area contributed by atoms with Crippen LogP contribution in [-0.4, -0.2) is 24.1 Å². The van der Waals surface area contributed by atoms with Crippen molar-refractivity contribution in [2.75, 3.05) is 13.1 Å². The summed E-state index contributed by atoms with van der Waals surface area (Å²) in [4.78, 5) is 2.45. The molecular formula is C22H31N3O. The van der Waals surface area contributed by atoms with Crippen molar-refractivity contribution in [2.24, 2.45) is 5.73 Å². The molecule has 4 nitrogen and oxygen atoms in total. The first-order valence-electron chi connectivity index (χ1n) is 9.15. The maximum atomic E-state index is 7.32. The molecule has 0 bridgehead atoms. The van der Waals surface area contributed by atoms with Gasteiger partial charge in [-0.2, -0.15) is 5.26 Å². The van der Waals surface area contributed by atoms with Gasteiger partial charge in [0.15, 0.2) is 0 Å². The van der Waals surface area contributed by atoms with Gasteiger partial charge in [0.05, 0.1) is 12.2 Å². The molecule has 0 saturated heterocycles. The number of ether oxygens (including phenoxy) is 1. The largest absolute Gasteiger partial charge is 0.491 e. The van der Waals surface area contributed by atoms with Gasteiger partial charge in [-0.15, -0.1) is 0 Å². The van der Waals surface area contributed by atoms with Crippen LogP contribution < -0.4 is 5.73 Å². The van der Waals surface area contributed by atoms with E-state index in [9.17, 15) is 0 Å². The smallest absolute Gasteiger partial charge is 0.119 e. The minimum atomic E-state index is 0.184. The second kappa shape index (κ2) is 12.8. The minimum Gasteiger partial charge on any atom is -0.491 e. The van der Waals surface area contributed by atoms with E-state index in [1.165, 1.54) is 12.5 Å². The lowest BCUT2D eigenvalue weighted by Crippen LogP contribution is -2.26. The summed E-state index contributed by atoms with van der Waals surface area (Å²) in [7, 11) is 0. The lowest BCUT2D eigenvalue weighted by atomic mass is 10.2. The molecule has 2 N–H and O–H groups in total. The zero-order chi connectivity index (χ0) is 19.2. The van der Waals surface area contributed by atoms with Gasteiger partial charge in [0.1, 0.15) is 5.76 Å². The molecule has 4 heteroatoms. The van der Waals surface area contributed by atoms with Crippen LogP contribution in [0.2, 0.25) is 0 Å². The predicted molar refractivity (Wildman–Crippen MR) is 108 cm³/mol. The third kappa shape index (κ3) is 9.10. The Morgan fingerprint density at radius 2 is 1.96 bits per heavy atom. The highest BCUT2D eigenvalue weighted by Crippen LogP contribution is 2.13. The van der Waals surface area contributed by atoms with E-state index in [4.69, 9.17) is 15.7 Å². The van der Waals surface area contributed by atoms with Crippen LogP contribution in [0.25, 0.3) is 0 Å². The van der Waals surface area contributed by atoms with Crippen molar-refractivity contribution >= 4 is 0 Å². The lowest BCUT2D eigenvalue weighted by molar-refractivity contribution is 0.116. The summed E-state index contributed by atoms with van der Waals surface area (Å²) in [6.45, 7) is 8.83. The quantitative estimate of drug-likeness (QED) is 0.746. The first-order chi connectivity index (χ1) is 12.6. The summed E-state index contributed by atoms with van der Waals surface area (Å²) in [6, 6.07) is 12.4. The zero-order valence-electron chi connectivity index (χ0n) is 16.2. The van der Waals surface area contributed by atoms with Gasteiger partial charge >= 0.3 is 0 Å². The van der Waals surface area contributed by atoms with E-state index < -0.39 is 0 Å². The van der Waals surface area contributed by atoms with Crippen molar-refractivity contribution in [3.8, 4) is 6.07 Å². The van der Waals surface area contributed by atoms with Gasteiger partial charge < -0.3 is 10.5 Å². The predicted octanol–water partition coefficient (Wildman–Crippen LogP) is 4.52. The third-order valence-electron chi connectivity index (χ3n) is 3.98. The highest BCUT2D eigenvalue weighted by Gasteiger charge is 2.09. The number of benzene rings is 1. The van der Waals surface area contributed by atoms with E-state index >= 15 is 0 Å². The molecular weight excluding hydrogens is 322 g/mol. The average Bonchev–Trinajstić information content (AvgIpc) is 2.84. The molecule has 1 aliphatic rings. The molecule has 0 aromatic heterocycles. The van der Waals surface area contributed by atoms with Gasteiger partial charge in [0.25, 0.3) is 0 Å². The van der Waals surface area contributed by atoms with Gasteiger partial charge in [0.2, 0.25) is 0 Å². The molecule has 1 aromatic rings. The summed E-state index contributed by atoms with van der Waals surface area (Å²) < 4.78 is 6.01. The molecule has 1 unspecified atom stereocenters. The fourth-order valence-corrected chi connectivity index (χ4v) is 2.55. The maximum Gasteiger partial charge on any atom is 0.119 e. The SMILES string of the molecule is CC#N.CCN(CCC(C)OC1=CC=C(N)CC=C1)Cc1ccccc1. The topological polar surface area (TPSA) is 62.3 Å². The molecule has 1 aromatic carbocycles. The molecule has 0 fully saturated rings. The zero-order valence-corrected chi connectivity index (χ0v) is 16.2. The molecule has 0 aliphatic heterocycles. The lowest BCUT2D eigenvalue weighted by Gasteiger charge is -2.23. The van der Waals surface area contributed by atoms with E-state index in [0.717, 1.165) is 43.9 Å². The molecule has 1 aliphatic carbocycles. The number of hydrogen-bond acceptors (Lipinski definition) is 4. The normalized spacial score (nSPS) is 14.3. The van der Waals surface area contributed by atoms with Gasteiger partial charge in [-0.1, -0.05) is 43.3 Å². The third-order valence-corrected chi connectivity index (χ3v) is 3.98. The summed E-state index contributed by atoms with van der Waals surface area (Å²) in [5.74, 6) is 0.893. The number of nitrogens with two attached hydrogens (primary N) is 1. The minimum absolute atomic E-state index is 0.184. The van der Waals surface area contributed by atoms with Gasteiger partial charge in [-0.05, 0) is 43.7 Å². The Hall–Kier alpha value is -2.51. The highest BCUT2D eigenvalue weighted by molar-refractivity contribution is 5.26. The van der Waals surface area contributed by atoms with Gasteiger partial charge in [-0.3, -0.25) is 4.90 Å². The number of nitrogens with zero attached hydrogens (tertiary/aromatic N) is 2. The van der Waals surface area contributed by atoms with Crippen LogP contribution in [0, 0.1) is 11.3 Å². The molecule has 140 valence electrons. The van der Waals surface area contributed by atoms with Gasteiger partial charge in [0, 0.05) is 32.1 Å². The molecule has 0 heterocycles. The fraction of sp³-hybridized carbons (Fsp3) is 0.409. The van der Waals surface area contributed by atoms with Crippen LogP contribution in [0.15, 0.2) is 66.1 Å². The number of hydrogen-bond donors (Lipinski definition) is 1. The van der Waals surface area contributed by atoms with Crippen molar-refractivity contribution in [2.45, 2.75) is 46.3 Å². The van der Waals surface area contributed by atoms with Crippen molar-refractivity contribution in [3.05, 3.63) is 71.7 Å². The highest BCUT2D eigenvalue weighted by atomic mass is 16.5. The van der Waals surface area contributed by atoms with Crippen molar-refractivity contribution in [3.63, 3.8) is 0 Å².